The highest BCUT2D eigenvalue weighted by molar-refractivity contribution is 7.79. The molecule has 2 aromatic rings. The molecule has 1 aromatic heterocycles. The maximum Gasteiger partial charge on any atom is 0.0934 e. The predicted octanol–water partition coefficient (Wildman–Crippen LogP) is 1.33. The van der Waals surface area contributed by atoms with E-state index >= 15 is 0 Å². The van der Waals surface area contributed by atoms with Gasteiger partial charge in [-0.25, -0.2) is 0 Å². The minimum absolute atomic E-state index is 0.274. The Labute approximate surface area is 89.8 Å². The molecule has 2 rings (SSSR count). The van der Waals surface area contributed by atoms with Crippen molar-refractivity contribution in [1.82, 2.24) is 9.78 Å². The standard InChI is InChI=1S/C10H10N2O2S/c1-12-7-6-9(11-12)8-4-2-3-5-10(8)15(13)14/h2-7H,1H3,(H,13,14)/p-1. The molecule has 0 bridgehead atoms. The lowest BCUT2D eigenvalue weighted by atomic mass is 10.1. The van der Waals surface area contributed by atoms with Crippen molar-refractivity contribution in [3.05, 3.63) is 36.5 Å². The van der Waals surface area contributed by atoms with Crippen LogP contribution in [-0.2, 0) is 18.1 Å². The summed E-state index contributed by atoms with van der Waals surface area (Å²) in [5.74, 6) is 0. The van der Waals surface area contributed by atoms with Gasteiger partial charge in [0.2, 0.25) is 0 Å². The zero-order valence-electron chi connectivity index (χ0n) is 8.08. The van der Waals surface area contributed by atoms with E-state index in [0.29, 0.717) is 11.3 Å². The first-order chi connectivity index (χ1) is 7.18. The van der Waals surface area contributed by atoms with Crippen molar-refractivity contribution in [3.63, 3.8) is 0 Å². The molecular weight excluding hydrogens is 212 g/mol. The van der Waals surface area contributed by atoms with E-state index in [9.17, 15) is 8.76 Å². The maximum absolute atomic E-state index is 11.0. The molecule has 1 heterocycles. The molecule has 1 aromatic carbocycles. The number of aryl methyl sites for hydroxylation is 1. The summed E-state index contributed by atoms with van der Waals surface area (Å²) in [5, 5.41) is 4.17. The van der Waals surface area contributed by atoms with Gasteiger partial charge in [-0.15, -0.1) is 0 Å². The van der Waals surface area contributed by atoms with E-state index < -0.39 is 11.1 Å². The summed E-state index contributed by atoms with van der Waals surface area (Å²) in [5.41, 5.74) is 1.30. The van der Waals surface area contributed by atoms with Crippen molar-refractivity contribution >= 4 is 11.1 Å². The topological polar surface area (TPSA) is 58.0 Å². The molecule has 0 saturated heterocycles. The molecule has 5 heteroatoms. The van der Waals surface area contributed by atoms with E-state index in [0.717, 1.165) is 0 Å². The van der Waals surface area contributed by atoms with Crippen molar-refractivity contribution in [2.24, 2.45) is 7.05 Å². The van der Waals surface area contributed by atoms with Crippen LogP contribution in [0.5, 0.6) is 0 Å². The Morgan fingerprint density at radius 2 is 2.07 bits per heavy atom. The van der Waals surface area contributed by atoms with Gasteiger partial charge < -0.3 is 4.55 Å². The van der Waals surface area contributed by atoms with E-state index in [4.69, 9.17) is 0 Å². The van der Waals surface area contributed by atoms with Crippen LogP contribution in [-0.4, -0.2) is 18.5 Å². The van der Waals surface area contributed by atoms with E-state index in [1.54, 1.807) is 48.3 Å². The fourth-order valence-electron chi connectivity index (χ4n) is 1.38. The predicted molar refractivity (Wildman–Crippen MR) is 55.8 cm³/mol. The molecule has 78 valence electrons. The van der Waals surface area contributed by atoms with Gasteiger partial charge in [-0.05, 0) is 23.2 Å². The Bertz CT molecular complexity index is 508. The number of hydrogen-bond acceptors (Lipinski definition) is 3. The van der Waals surface area contributed by atoms with Crippen LogP contribution in [0, 0.1) is 0 Å². The molecule has 0 saturated carbocycles. The zero-order chi connectivity index (χ0) is 10.8. The van der Waals surface area contributed by atoms with Crippen molar-refractivity contribution in [2.45, 2.75) is 4.90 Å². The number of rotatable bonds is 2. The summed E-state index contributed by atoms with van der Waals surface area (Å²) in [6, 6.07) is 8.57. The Morgan fingerprint density at radius 3 is 2.67 bits per heavy atom. The van der Waals surface area contributed by atoms with Crippen LogP contribution in [0.2, 0.25) is 0 Å². The van der Waals surface area contributed by atoms with E-state index in [2.05, 4.69) is 5.10 Å². The van der Waals surface area contributed by atoms with Crippen LogP contribution in [0.4, 0.5) is 0 Å². The lowest BCUT2D eigenvalue weighted by molar-refractivity contribution is 0.537. The van der Waals surface area contributed by atoms with Gasteiger partial charge in [0.25, 0.3) is 0 Å². The van der Waals surface area contributed by atoms with Gasteiger partial charge in [-0.3, -0.25) is 8.89 Å². The van der Waals surface area contributed by atoms with Crippen LogP contribution in [0.3, 0.4) is 0 Å². The third-order valence-electron chi connectivity index (χ3n) is 2.06. The monoisotopic (exact) mass is 221 g/mol. The van der Waals surface area contributed by atoms with Gasteiger partial charge in [0.1, 0.15) is 0 Å². The highest BCUT2D eigenvalue weighted by Crippen LogP contribution is 2.23. The van der Waals surface area contributed by atoms with Gasteiger partial charge in [0, 0.05) is 23.7 Å². The molecule has 1 atom stereocenters. The Morgan fingerprint density at radius 1 is 1.33 bits per heavy atom. The fraction of sp³-hybridized carbons (Fsp3) is 0.100. The second-order valence-electron chi connectivity index (χ2n) is 3.11. The molecule has 0 N–H and O–H groups in total. The summed E-state index contributed by atoms with van der Waals surface area (Å²) in [6.07, 6.45) is 1.78. The van der Waals surface area contributed by atoms with Crippen molar-refractivity contribution in [2.75, 3.05) is 0 Å². The average Bonchev–Trinajstić information content (AvgIpc) is 2.65. The molecular formula is C10H9N2O2S-. The molecule has 0 aliphatic rings. The molecule has 0 radical (unpaired) electrons. The Balaban J connectivity index is 2.57. The van der Waals surface area contributed by atoms with E-state index in [1.807, 2.05) is 0 Å². The SMILES string of the molecule is Cn1ccc(-c2ccccc2S(=O)[O-])n1. The smallest absolute Gasteiger partial charge is 0.0934 e. The number of nitrogens with zero attached hydrogens (tertiary/aromatic N) is 2. The lowest BCUT2D eigenvalue weighted by Gasteiger charge is -2.09. The zero-order valence-corrected chi connectivity index (χ0v) is 8.90. The van der Waals surface area contributed by atoms with E-state index in [-0.39, 0.29) is 4.90 Å². The normalized spacial score (nSPS) is 12.7. The maximum atomic E-state index is 11.0. The van der Waals surface area contributed by atoms with E-state index in [1.165, 1.54) is 0 Å². The minimum Gasteiger partial charge on any atom is -0.768 e. The molecule has 0 spiro atoms. The molecule has 15 heavy (non-hydrogen) atoms. The lowest BCUT2D eigenvalue weighted by Crippen LogP contribution is -1.94. The number of aromatic nitrogens is 2. The van der Waals surface area contributed by atoms with Crippen LogP contribution >= 0.6 is 0 Å². The van der Waals surface area contributed by atoms with Crippen molar-refractivity contribution in [3.8, 4) is 11.3 Å². The average molecular weight is 221 g/mol. The highest BCUT2D eigenvalue weighted by atomic mass is 32.2. The minimum atomic E-state index is -2.23. The third-order valence-corrected chi connectivity index (χ3v) is 2.77. The molecule has 0 fully saturated rings. The summed E-state index contributed by atoms with van der Waals surface area (Å²) in [7, 11) is 1.79. The van der Waals surface area contributed by atoms with Gasteiger partial charge in [-0.1, -0.05) is 18.2 Å². The summed E-state index contributed by atoms with van der Waals surface area (Å²) < 4.78 is 23.6. The molecule has 1 unspecified atom stereocenters. The van der Waals surface area contributed by atoms with Gasteiger partial charge >= 0.3 is 0 Å². The Kier molecular flexibility index (Phi) is 2.66. The number of benzene rings is 1. The molecule has 0 amide bonds. The largest absolute Gasteiger partial charge is 0.768 e. The van der Waals surface area contributed by atoms with Crippen LogP contribution in [0.15, 0.2) is 41.4 Å². The van der Waals surface area contributed by atoms with Crippen LogP contribution in [0.1, 0.15) is 0 Å². The van der Waals surface area contributed by atoms with Gasteiger partial charge in [0.15, 0.2) is 0 Å². The first-order valence-corrected chi connectivity index (χ1v) is 5.44. The Hall–Kier alpha value is -1.46. The van der Waals surface area contributed by atoms with Gasteiger partial charge in [-0.2, -0.15) is 5.10 Å². The van der Waals surface area contributed by atoms with Crippen molar-refractivity contribution < 1.29 is 8.76 Å². The summed E-state index contributed by atoms with van der Waals surface area (Å²) in [4.78, 5) is 0.274. The molecule has 4 nitrogen and oxygen atoms in total. The van der Waals surface area contributed by atoms with Crippen LogP contribution < -0.4 is 0 Å². The molecule has 0 aliphatic heterocycles. The first kappa shape index (κ1) is 10.1. The molecule has 0 aliphatic carbocycles. The number of hydrogen-bond donors (Lipinski definition) is 0. The fourth-order valence-corrected chi connectivity index (χ4v) is 1.92. The summed E-state index contributed by atoms with van der Waals surface area (Å²) >= 11 is -2.23. The highest BCUT2D eigenvalue weighted by Gasteiger charge is 2.06. The third kappa shape index (κ3) is 1.98. The van der Waals surface area contributed by atoms with Crippen LogP contribution in [0.25, 0.3) is 11.3 Å². The quantitative estimate of drug-likeness (QED) is 0.719. The second kappa shape index (κ2) is 3.96. The van der Waals surface area contributed by atoms with Gasteiger partial charge in [0.05, 0.1) is 5.69 Å². The first-order valence-electron chi connectivity index (χ1n) is 4.37. The summed E-state index contributed by atoms with van der Waals surface area (Å²) in [6.45, 7) is 0. The van der Waals surface area contributed by atoms with Crippen molar-refractivity contribution in [1.29, 1.82) is 0 Å². The second-order valence-corrected chi connectivity index (χ2v) is 4.01.